The summed E-state index contributed by atoms with van der Waals surface area (Å²) in [6.07, 6.45) is 3.50. The number of nitrogens with one attached hydrogen (secondary N) is 2. The van der Waals surface area contributed by atoms with E-state index in [1.807, 2.05) is 40.8 Å². The van der Waals surface area contributed by atoms with Gasteiger partial charge in [0.2, 0.25) is 5.95 Å². The lowest BCUT2D eigenvalue weighted by atomic mass is 10.1. The first-order chi connectivity index (χ1) is 18.0. The number of carbonyl (C=O) groups excluding carboxylic acids is 1. The van der Waals surface area contributed by atoms with Crippen LogP contribution in [0, 0.1) is 0 Å². The van der Waals surface area contributed by atoms with Crippen molar-refractivity contribution in [3.63, 3.8) is 0 Å². The highest BCUT2D eigenvalue weighted by Gasteiger charge is 2.15. The van der Waals surface area contributed by atoms with E-state index in [9.17, 15) is 4.79 Å². The molecule has 0 aliphatic carbocycles. The molecule has 0 unspecified atom stereocenters. The first-order valence-electron chi connectivity index (χ1n) is 12.2. The van der Waals surface area contributed by atoms with Crippen LogP contribution in [0.3, 0.4) is 0 Å². The minimum Gasteiger partial charge on any atom is -0.493 e. The summed E-state index contributed by atoms with van der Waals surface area (Å²) in [6, 6.07) is 12.9. The van der Waals surface area contributed by atoms with E-state index >= 15 is 0 Å². The molecule has 0 radical (unpaired) electrons. The molecule has 0 atom stereocenters. The fourth-order valence-corrected chi connectivity index (χ4v) is 4.15. The van der Waals surface area contributed by atoms with Gasteiger partial charge in [0, 0.05) is 42.8 Å². The van der Waals surface area contributed by atoms with E-state index in [0.29, 0.717) is 40.0 Å². The summed E-state index contributed by atoms with van der Waals surface area (Å²) in [5, 5.41) is 6.74. The molecule has 0 spiro atoms. The molecule has 10 nitrogen and oxygen atoms in total. The Bertz CT molecular complexity index is 1380. The fourth-order valence-electron chi connectivity index (χ4n) is 4.15. The van der Waals surface area contributed by atoms with E-state index < -0.39 is 5.91 Å². The van der Waals surface area contributed by atoms with E-state index in [-0.39, 0.29) is 0 Å². The number of rotatable bonds is 12. The van der Waals surface area contributed by atoms with Gasteiger partial charge in [-0.15, -0.1) is 0 Å². The van der Waals surface area contributed by atoms with Gasteiger partial charge in [-0.3, -0.25) is 9.20 Å². The van der Waals surface area contributed by atoms with Crippen LogP contribution in [-0.4, -0.2) is 65.6 Å². The van der Waals surface area contributed by atoms with Gasteiger partial charge in [-0.05, 0) is 49.5 Å². The van der Waals surface area contributed by atoms with Gasteiger partial charge >= 0.3 is 0 Å². The summed E-state index contributed by atoms with van der Waals surface area (Å²) in [7, 11) is 3.19. The van der Waals surface area contributed by atoms with Crippen molar-refractivity contribution in [1.82, 2.24) is 19.3 Å². The molecule has 2 aromatic carbocycles. The molecule has 0 saturated carbocycles. The molecule has 0 saturated heterocycles. The lowest BCUT2D eigenvalue weighted by Gasteiger charge is -2.19. The van der Waals surface area contributed by atoms with Crippen LogP contribution in [0.5, 0.6) is 11.5 Å². The number of hydrogen-bond acceptors (Lipinski definition) is 8. The molecule has 4 rings (SSSR count). The normalized spacial score (nSPS) is 11.1. The van der Waals surface area contributed by atoms with Crippen LogP contribution in [-0.2, 0) is 0 Å². The third-order valence-electron chi connectivity index (χ3n) is 6.25. The number of amides is 1. The number of hydrogen-bond donors (Lipinski definition) is 3. The van der Waals surface area contributed by atoms with Crippen molar-refractivity contribution in [2.45, 2.75) is 13.8 Å². The second-order valence-electron chi connectivity index (χ2n) is 8.39. The molecule has 4 N–H and O–H groups in total. The monoisotopic (exact) mass is 503 g/mol. The maximum Gasteiger partial charge on any atom is 0.250 e. The summed E-state index contributed by atoms with van der Waals surface area (Å²) >= 11 is 0. The zero-order valence-corrected chi connectivity index (χ0v) is 21.6. The van der Waals surface area contributed by atoms with Crippen LogP contribution in [0.25, 0.3) is 16.9 Å². The zero-order valence-electron chi connectivity index (χ0n) is 21.6. The van der Waals surface area contributed by atoms with Crippen molar-refractivity contribution >= 4 is 28.9 Å². The minimum atomic E-state index is -0.532. The quantitative estimate of drug-likeness (QED) is 0.265. The van der Waals surface area contributed by atoms with E-state index in [2.05, 4.69) is 34.4 Å². The molecule has 10 heteroatoms. The number of carbonyl (C=O) groups is 1. The summed E-state index contributed by atoms with van der Waals surface area (Å²) in [6.45, 7) is 7.97. The number of fused-ring (bicyclic) bond motifs is 1. The number of nitrogens with zero attached hydrogens (tertiary/aromatic N) is 4. The zero-order chi connectivity index (χ0) is 26.4. The summed E-state index contributed by atoms with van der Waals surface area (Å²) < 4.78 is 12.6. The molecule has 2 heterocycles. The lowest BCUT2D eigenvalue weighted by molar-refractivity contribution is 0.100. The van der Waals surface area contributed by atoms with Gasteiger partial charge in [0.25, 0.3) is 5.91 Å². The highest BCUT2D eigenvalue weighted by atomic mass is 16.5. The van der Waals surface area contributed by atoms with Crippen LogP contribution in [0.4, 0.5) is 17.3 Å². The standard InChI is InChI=1S/C27H33N7O3/c1-5-33(6-2)13-11-29-19-8-9-20(26(28)35)22(16-19)32-27-31-21(17-25-30-12-14-34(25)27)18-7-10-23(36-3)24(15-18)37-4/h7-10,12,14-17,29H,5-6,11,13H2,1-4H3,(H2,28,35)(H,31,32). The minimum absolute atomic E-state index is 0.362. The van der Waals surface area contributed by atoms with Crippen molar-refractivity contribution in [3.05, 3.63) is 60.4 Å². The Morgan fingerprint density at radius 2 is 1.84 bits per heavy atom. The number of nitrogens with two attached hydrogens (primary N) is 1. The van der Waals surface area contributed by atoms with Gasteiger partial charge in [-0.2, -0.15) is 0 Å². The topological polar surface area (TPSA) is 119 Å². The molecule has 0 aliphatic rings. The smallest absolute Gasteiger partial charge is 0.250 e. The van der Waals surface area contributed by atoms with Gasteiger partial charge in [-0.25, -0.2) is 9.97 Å². The van der Waals surface area contributed by atoms with Gasteiger partial charge in [0.05, 0.1) is 31.2 Å². The summed E-state index contributed by atoms with van der Waals surface area (Å²) in [5.41, 5.74) is 9.67. The average molecular weight is 504 g/mol. The number of primary amides is 1. The van der Waals surface area contributed by atoms with Crippen LogP contribution in [0.1, 0.15) is 24.2 Å². The van der Waals surface area contributed by atoms with E-state index in [0.717, 1.165) is 37.4 Å². The van der Waals surface area contributed by atoms with Crippen LogP contribution < -0.4 is 25.8 Å². The van der Waals surface area contributed by atoms with Crippen molar-refractivity contribution in [1.29, 1.82) is 0 Å². The van der Waals surface area contributed by atoms with Gasteiger partial charge < -0.3 is 30.7 Å². The maximum absolute atomic E-state index is 12.2. The third-order valence-corrected chi connectivity index (χ3v) is 6.25. The van der Waals surface area contributed by atoms with Gasteiger partial charge in [-0.1, -0.05) is 13.8 Å². The van der Waals surface area contributed by atoms with Crippen molar-refractivity contribution in [3.8, 4) is 22.8 Å². The molecule has 194 valence electrons. The van der Waals surface area contributed by atoms with Crippen LogP contribution >= 0.6 is 0 Å². The highest BCUT2D eigenvalue weighted by molar-refractivity contribution is 5.99. The summed E-state index contributed by atoms with van der Waals surface area (Å²) in [5.74, 6) is 1.18. The number of benzene rings is 2. The first-order valence-corrected chi connectivity index (χ1v) is 12.2. The highest BCUT2D eigenvalue weighted by Crippen LogP contribution is 2.33. The molecule has 0 aliphatic heterocycles. The van der Waals surface area contributed by atoms with Crippen molar-refractivity contribution in [2.24, 2.45) is 5.73 Å². The van der Waals surface area contributed by atoms with Crippen LogP contribution in [0.15, 0.2) is 54.9 Å². The third kappa shape index (κ3) is 5.75. The first kappa shape index (κ1) is 25.8. The molecular formula is C27H33N7O3. The molecule has 37 heavy (non-hydrogen) atoms. The molecule has 0 fully saturated rings. The second-order valence-corrected chi connectivity index (χ2v) is 8.39. The Hall–Kier alpha value is -4.31. The Morgan fingerprint density at radius 3 is 2.54 bits per heavy atom. The Balaban J connectivity index is 1.69. The second kappa shape index (κ2) is 11.6. The predicted octanol–water partition coefficient (Wildman–Crippen LogP) is 4.01. The number of anilines is 3. The predicted molar refractivity (Wildman–Crippen MR) is 146 cm³/mol. The van der Waals surface area contributed by atoms with Crippen molar-refractivity contribution in [2.75, 3.05) is 51.0 Å². The lowest BCUT2D eigenvalue weighted by Crippen LogP contribution is -2.28. The number of likely N-dealkylation sites (N-methyl/N-ethyl adjacent to an activating group) is 1. The largest absolute Gasteiger partial charge is 0.493 e. The summed E-state index contributed by atoms with van der Waals surface area (Å²) in [4.78, 5) is 23.9. The number of ether oxygens (including phenoxy) is 2. The fraction of sp³-hybridized carbons (Fsp3) is 0.296. The van der Waals surface area contributed by atoms with E-state index in [1.54, 1.807) is 32.7 Å². The van der Waals surface area contributed by atoms with Crippen molar-refractivity contribution < 1.29 is 14.3 Å². The molecule has 0 bridgehead atoms. The number of aromatic nitrogens is 3. The Kier molecular flexibility index (Phi) is 8.09. The average Bonchev–Trinajstić information content (AvgIpc) is 3.40. The van der Waals surface area contributed by atoms with Gasteiger partial charge in [0.15, 0.2) is 11.5 Å². The van der Waals surface area contributed by atoms with Gasteiger partial charge in [0.1, 0.15) is 5.65 Å². The SMILES string of the molecule is CCN(CC)CCNc1ccc(C(N)=O)c(Nc2nc(-c3ccc(OC)c(OC)c3)cc3nccn23)c1. The number of imidazole rings is 1. The maximum atomic E-state index is 12.2. The van der Waals surface area contributed by atoms with Crippen LogP contribution in [0.2, 0.25) is 0 Å². The Labute approximate surface area is 216 Å². The van der Waals surface area contributed by atoms with E-state index in [1.165, 1.54) is 0 Å². The molecule has 2 aromatic heterocycles. The Morgan fingerprint density at radius 1 is 1.05 bits per heavy atom. The number of methoxy groups -OCH3 is 2. The van der Waals surface area contributed by atoms with E-state index in [4.69, 9.17) is 20.2 Å². The molecule has 1 amide bonds. The molecule has 4 aromatic rings. The molecular weight excluding hydrogens is 470 g/mol.